The fourth-order valence-electron chi connectivity index (χ4n) is 9.04. The third kappa shape index (κ3) is 23.6. The van der Waals surface area contributed by atoms with E-state index in [9.17, 15) is 61.0 Å². The van der Waals surface area contributed by atoms with Crippen LogP contribution in [0.3, 0.4) is 0 Å². The SMILES string of the molecule is CC/C=C\C/C=C\C/C=C\C/C=C\C/C=C\CCCCCCCCCCCC(=O)NC(COC1OC(CO)C(OC2OC(CO)C(OC3OC(CO)C(O)C(O)C3O)C(O)C2O)C(O)C1O)C(O)CCCCCC. The van der Waals surface area contributed by atoms with Crippen LogP contribution in [0, 0.1) is 0 Å². The number of carbonyl (C=O) groups is 1. The van der Waals surface area contributed by atoms with Crippen molar-refractivity contribution in [3.8, 4) is 0 Å². The minimum atomic E-state index is -1.97. The molecule has 0 aromatic rings. The van der Waals surface area contributed by atoms with Crippen LogP contribution in [0.15, 0.2) is 60.8 Å². The van der Waals surface area contributed by atoms with E-state index in [0.29, 0.717) is 19.3 Å². The van der Waals surface area contributed by atoms with Crippen LogP contribution in [-0.2, 0) is 33.2 Å². The normalized spacial score (nSPS) is 31.9. The van der Waals surface area contributed by atoms with E-state index in [0.717, 1.165) is 83.5 Å². The standard InChI is InChI=1S/C55H95NO18/c1-3-5-7-9-10-11-12-13-14-15-16-17-18-19-20-21-22-23-24-25-26-27-28-29-31-33-43(61)56-38(39(60)32-30-8-6-4-2)37-69-53-49(67)46(64)51(41(35-58)71-53)74-55-50(68)47(65)52(42(36-59)72-55)73-54-48(66)45(63)44(62)40(34-57)70-54/h5,7,10-11,13-14,16-17,19-20,38-42,44-55,57-60,62-68H,3-4,6,8-9,12,15,18,21-37H2,1-2H3,(H,56,61)/b7-5-,11-10-,14-13-,17-16-,20-19-. The molecule has 3 heterocycles. The van der Waals surface area contributed by atoms with E-state index >= 15 is 0 Å². The van der Waals surface area contributed by atoms with Crippen LogP contribution in [0.4, 0.5) is 0 Å². The van der Waals surface area contributed by atoms with Gasteiger partial charge in [0, 0.05) is 6.42 Å². The van der Waals surface area contributed by atoms with Crippen molar-refractivity contribution in [2.45, 2.75) is 253 Å². The lowest BCUT2D eigenvalue weighted by atomic mass is 9.96. The minimum Gasteiger partial charge on any atom is -0.394 e. The van der Waals surface area contributed by atoms with E-state index < -0.39 is 124 Å². The Morgan fingerprint density at radius 3 is 1.45 bits per heavy atom. The molecule has 0 aliphatic carbocycles. The van der Waals surface area contributed by atoms with Crippen LogP contribution in [-0.4, -0.2) is 193 Å². The van der Waals surface area contributed by atoms with Gasteiger partial charge < -0.3 is 89.9 Å². The van der Waals surface area contributed by atoms with Gasteiger partial charge in [0.05, 0.1) is 38.6 Å². The summed E-state index contributed by atoms with van der Waals surface area (Å²) in [5.41, 5.74) is 0. The smallest absolute Gasteiger partial charge is 0.220 e. The highest BCUT2D eigenvalue weighted by Crippen LogP contribution is 2.33. The van der Waals surface area contributed by atoms with Crippen LogP contribution in [0.2, 0.25) is 0 Å². The highest BCUT2D eigenvalue weighted by atomic mass is 16.8. The maximum absolute atomic E-state index is 13.2. The van der Waals surface area contributed by atoms with Crippen molar-refractivity contribution in [2.75, 3.05) is 26.4 Å². The average molecular weight is 1060 g/mol. The fraction of sp³-hybridized carbons (Fsp3) is 0.800. The van der Waals surface area contributed by atoms with Gasteiger partial charge >= 0.3 is 0 Å². The minimum absolute atomic E-state index is 0.253. The largest absolute Gasteiger partial charge is 0.394 e. The second-order valence-electron chi connectivity index (χ2n) is 19.7. The van der Waals surface area contributed by atoms with Crippen LogP contribution in [0.5, 0.6) is 0 Å². The quantitative estimate of drug-likeness (QED) is 0.0312. The van der Waals surface area contributed by atoms with E-state index in [1.165, 1.54) is 25.7 Å². The molecule has 0 saturated carbocycles. The number of unbranched alkanes of at least 4 members (excludes halogenated alkanes) is 12. The number of carbonyl (C=O) groups excluding carboxylic acids is 1. The molecule has 0 bridgehead atoms. The Balaban J connectivity index is 1.38. The van der Waals surface area contributed by atoms with E-state index in [1.807, 2.05) is 0 Å². The van der Waals surface area contributed by atoms with Gasteiger partial charge in [0.1, 0.15) is 73.2 Å². The number of aliphatic hydroxyl groups is 11. The Morgan fingerprint density at radius 2 is 0.932 bits per heavy atom. The Hall–Kier alpha value is -2.51. The summed E-state index contributed by atoms with van der Waals surface area (Å²) in [5, 5.41) is 119. The zero-order chi connectivity index (χ0) is 54.1. The zero-order valence-corrected chi connectivity index (χ0v) is 44.0. The van der Waals surface area contributed by atoms with Crippen molar-refractivity contribution < 1.29 is 89.4 Å². The molecule has 3 saturated heterocycles. The average Bonchev–Trinajstić information content (AvgIpc) is 3.40. The number of hydrogen-bond acceptors (Lipinski definition) is 18. The lowest BCUT2D eigenvalue weighted by Crippen LogP contribution is -2.66. The van der Waals surface area contributed by atoms with Crippen molar-refractivity contribution in [3.05, 3.63) is 60.8 Å². The maximum Gasteiger partial charge on any atom is 0.220 e. The van der Waals surface area contributed by atoms with Gasteiger partial charge in [-0.3, -0.25) is 4.79 Å². The number of nitrogens with one attached hydrogen (secondary N) is 1. The summed E-state index contributed by atoms with van der Waals surface area (Å²) in [5.74, 6) is -0.263. The number of hydrogen-bond donors (Lipinski definition) is 12. The van der Waals surface area contributed by atoms with Gasteiger partial charge in [-0.15, -0.1) is 0 Å². The Labute approximate surface area is 439 Å². The Kier molecular flexibility index (Phi) is 34.6. The third-order valence-electron chi connectivity index (χ3n) is 13.6. The molecule has 3 fully saturated rings. The number of amides is 1. The molecule has 0 aromatic heterocycles. The summed E-state index contributed by atoms with van der Waals surface area (Å²) >= 11 is 0. The number of rotatable bonds is 38. The molecule has 0 spiro atoms. The summed E-state index contributed by atoms with van der Waals surface area (Å²) in [7, 11) is 0. The van der Waals surface area contributed by atoms with Crippen molar-refractivity contribution in [3.63, 3.8) is 0 Å². The first-order valence-electron chi connectivity index (χ1n) is 27.5. The fourth-order valence-corrected chi connectivity index (χ4v) is 9.04. The molecular weight excluding hydrogens is 963 g/mol. The van der Waals surface area contributed by atoms with Crippen molar-refractivity contribution in [2.24, 2.45) is 0 Å². The molecule has 1 amide bonds. The van der Waals surface area contributed by atoms with E-state index in [1.54, 1.807) is 0 Å². The predicted octanol–water partition coefficient (Wildman–Crippen LogP) is 3.31. The van der Waals surface area contributed by atoms with E-state index in [4.69, 9.17) is 28.4 Å². The zero-order valence-electron chi connectivity index (χ0n) is 44.0. The summed E-state index contributed by atoms with van der Waals surface area (Å²) in [6.45, 7) is 1.49. The summed E-state index contributed by atoms with van der Waals surface area (Å²) in [6.07, 6.45) is 15.6. The monoisotopic (exact) mass is 1060 g/mol. The van der Waals surface area contributed by atoms with E-state index in [2.05, 4.69) is 79.9 Å². The second kappa shape index (κ2) is 38.9. The van der Waals surface area contributed by atoms with Crippen molar-refractivity contribution in [1.82, 2.24) is 5.32 Å². The van der Waals surface area contributed by atoms with Gasteiger partial charge in [-0.1, -0.05) is 145 Å². The van der Waals surface area contributed by atoms with Gasteiger partial charge in [-0.05, 0) is 57.8 Å². The Bertz CT molecular complexity index is 1590. The summed E-state index contributed by atoms with van der Waals surface area (Å²) in [6, 6.07) is -0.888. The molecule has 428 valence electrons. The molecule has 19 nitrogen and oxygen atoms in total. The highest BCUT2D eigenvalue weighted by molar-refractivity contribution is 5.76. The van der Waals surface area contributed by atoms with Gasteiger partial charge in [0.15, 0.2) is 18.9 Å². The molecule has 0 radical (unpaired) electrons. The first-order valence-corrected chi connectivity index (χ1v) is 27.5. The van der Waals surface area contributed by atoms with E-state index in [-0.39, 0.29) is 18.9 Å². The van der Waals surface area contributed by atoms with Crippen LogP contribution in [0.25, 0.3) is 0 Å². The lowest BCUT2D eigenvalue weighted by Gasteiger charge is -2.48. The molecule has 3 aliphatic heterocycles. The molecule has 3 rings (SSSR count). The van der Waals surface area contributed by atoms with Gasteiger partial charge in [-0.2, -0.15) is 0 Å². The van der Waals surface area contributed by atoms with Crippen LogP contribution < -0.4 is 5.32 Å². The lowest BCUT2D eigenvalue weighted by molar-refractivity contribution is -0.379. The summed E-state index contributed by atoms with van der Waals surface area (Å²) < 4.78 is 34.0. The van der Waals surface area contributed by atoms with Gasteiger partial charge in [-0.25, -0.2) is 0 Å². The third-order valence-corrected chi connectivity index (χ3v) is 13.6. The van der Waals surface area contributed by atoms with Crippen molar-refractivity contribution >= 4 is 5.91 Å². The Morgan fingerprint density at radius 1 is 0.500 bits per heavy atom. The molecule has 12 N–H and O–H groups in total. The molecule has 0 aromatic carbocycles. The first-order chi connectivity index (χ1) is 35.8. The van der Waals surface area contributed by atoms with Crippen LogP contribution in [0.1, 0.15) is 149 Å². The van der Waals surface area contributed by atoms with Gasteiger partial charge in [0.2, 0.25) is 5.91 Å². The highest BCUT2D eigenvalue weighted by Gasteiger charge is 2.53. The molecule has 19 heteroatoms. The topological polar surface area (TPSA) is 307 Å². The maximum atomic E-state index is 13.2. The number of ether oxygens (including phenoxy) is 6. The molecule has 3 aliphatic rings. The molecule has 74 heavy (non-hydrogen) atoms. The molecule has 17 unspecified atom stereocenters. The molecule has 17 atom stereocenters. The number of allylic oxidation sites excluding steroid dienone is 10. The molecular formula is C55H95NO18. The first kappa shape index (κ1) is 65.8. The summed E-state index contributed by atoms with van der Waals surface area (Å²) in [4.78, 5) is 13.2. The van der Waals surface area contributed by atoms with Crippen LogP contribution >= 0.6 is 0 Å². The number of aliphatic hydroxyl groups excluding tert-OH is 11. The predicted molar refractivity (Wildman–Crippen MR) is 277 cm³/mol. The van der Waals surface area contributed by atoms with Gasteiger partial charge in [0.25, 0.3) is 0 Å². The second-order valence-corrected chi connectivity index (χ2v) is 19.7. The van der Waals surface area contributed by atoms with Crippen molar-refractivity contribution in [1.29, 1.82) is 0 Å².